The summed E-state index contributed by atoms with van der Waals surface area (Å²) in [6.07, 6.45) is 6.02. The highest BCUT2D eigenvalue weighted by Gasteiger charge is 2.28. The molecule has 1 aromatic heterocycles. The van der Waals surface area contributed by atoms with Crippen molar-refractivity contribution < 1.29 is 9.47 Å². The van der Waals surface area contributed by atoms with E-state index in [2.05, 4.69) is 17.2 Å². The molecule has 0 saturated carbocycles. The number of rotatable bonds is 1. The average molecular weight is 228 g/mol. The molecule has 0 bridgehead atoms. The highest BCUT2D eigenvalue weighted by atomic mass is 16.7. The molecular weight excluding hydrogens is 216 g/mol. The Hall–Kier alpha value is -1.97. The van der Waals surface area contributed by atoms with Gasteiger partial charge in [0.05, 0.1) is 6.04 Å². The van der Waals surface area contributed by atoms with Gasteiger partial charge in [0.25, 0.3) is 0 Å². The molecule has 17 heavy (non-hydrogen) atoms. The summed E-state index contributed by atoms with van der Waals surface area (Å²) in [6.45, 7) is 0.338. The van der Waals surface area contributed by atoms with Crippen molar-refractivity contribution in [1.82, 2.24) is 9.78 Å². The van der Waals surface area contributed by atoms with Gasteiger partial charge in [-0.3, -0.25) is 4.68 Å². The van der Waals surface area contributed by atoms with E-state index in [1.807, 2.05) is 23.1 Å². The van der Waals surface area contributed by atoms with Crippen LogP contribution < -0.4 is 9.47 Å². The Morgan fingerprint density at radius 2 is 2.12 bits per heavy atom. The van der Waals surface area contributed by atoms with Crippen LogP contribution in [0.2, 0.25) is 0 Å². The molecule has 1 atom stereocenters. The summed E-state index contributed by atoms with van der Waals surface area (Å²) in [7, 11) is 0. The van der Waals surface area contributed by atoms with E-state index < -0.39 is 0 Å². The second kappa shape index (κ2) is 3.26. The van der Waals surface area contributed by atoms with Crippen LogP contribution in [0.3, 0.4) is 0 Å². The van der Waals surface area contributed by atoms with Gasteiger partial charge in [0.2, 0.25) is 6.79 Å². The van der Waals surface area contributed by atoms with Gasteiger partial charge in [-0.05, 0) is 42.2 Å². The minimum atomic E-state index is 0.338. The molecule has 1 aliphatic carbocycles. The minimum Gasteiger partial charge on any atom is -0.454 e. The number of hydrogen-bond donors (Lipinski definition) is 0. The highest BCUT2D eigenvalue weighted by Crippen LogP contribution is 2.42. The first-order chi connectivity index (χ1) is 8.42. The number of nitrogens with zero attached hydrogens (tertiary/aromatic N) is 2. The maximum atomic E-state index is 5.44. The fourth-order valence-electron chi connectivity index (χ4n) is 2.71. The first-order valence-electron chi connectivity index (χ1n) is 5.83. The Bertz CT molecular complexity index is 563. The van der Waals surface area contributed by atoms with Crippen LogP contribution in [0.15, 0.2) is 30.6 Å². The van der Waals surface area contributed by atoms with E-state index in [9.17, 15) is 0 Å². The lowest BCUT2D eigenvalue weighted by molar-refractivity contribution is 0.174. The van der Waals surface area contributed by atoms with Gasteiger partial charge >= 0.3 is 0 Å². The standard InChI is InChI=1S/C13H12N2O2/c1-4-14-15(5-1)11-3-2-9-6-12-13(7-10(9)11)17-8-16-12/h1,4-7,11H,2-3,8H2. The predicted molar refractivity (Wildman–Crippen MR) is 61.3 cm³/mol. The lowest BCUT2D eigenvalue weighted by Crippen LogP contribution is -2.07. The lowest BCUT2D eigenvalue weighted by atomic mass is 10.1. The molecule has 2 aromatic rings. The van der Waals surface area contributed by atoms with Crippen LogP contribution in [0, 0.1) is 0 Å². The summed E-state index contributed by atoms with van der Waals surface area (Å²) in [4.78, 5) is 0. The summed E-state index contributed by atoms with van der Waals surface area (Å²) in [5.74, 6) is 1.74. The molecule has 1 aromatic carbocycles. The van der Waals surface area contributed by atoms with E-state index >= 15 is 0 Å². The second-order valence-corrected chi connectivity index (χ2v) is 4.44. The van der Waals surface area contributed by atoms with Gasteiger partial charge in [0.1, 0.15) is 0 Å². The van der Waals surface area contributed by atoms with Crippen LogP contribution in [0.5, 0.6) is 11.5 Å². The molecule has 0 radical (unpaired) electrons. The number of fused-ring (bicyclic) bond motifs is 2. The van der Waals surface area contributed by atoms with Crippen LogP contribution in [-0.4, -0.2) is 16.6 Å². The summed E-state index contributed by atoms with van der Waals surface area (Å²) in [5.41, 5.74) is 2.67. The summed E-state index contributed by atoms with van der Waals surface area (Å²) >= 11 is 0. The van der Waals surface area contributed by atoms with E-state index in [0.717, 1.165) is 24.3 Å². The van der Waals surface area contributed by atoms with Crippen molar-refractivity contribution in [2.75, 3.05) is 6.79 Å². The van der Waals surface area contributed by atoms with E-state index in [-0.39, 0.29) is 0 Å². The molecule has 4 heteroatoms. The van der Waals surface area contributed by atoms with Crippen LogP contribution in [0.1, 0.15) is 23.6 Å². The van der Waals surface area contributed by atoms with Crippen LogP contribution in [0.4, 0.5) is 0 Å². The lowest BCUT2D eigenvalue weighted by Gasteiger charge is -2.12. The zero-order valence-electron chi connectivity index (χ0n) is 9.30. The van der Waals surface area contributed by atoms with Gasteiger partial charge in [-0.15, -0.1) is 0 Å². The topological polar surface area (TPSA) is 36.3 Å². The molecular formula is C13H12N2O2. The first kappa shape index (κ1) is 9.10. The summed E-state index contributed by atoms with van der Waals surface area (Å²) in [6, 6.07) is 6.53. The monoisotopic (exact) mass is 228 g/mol. The molecule has 4 nitrogen and oxygen atoms in total. The maximum Gasteiger partial charge on any atom is 0.231 e. The Labute approximate surface area is 98.8 Å². The predicted octanol–water partition coefficient (Wildman–Crippen LogP) is 2.15. The van der Waals surface area contributed by atoms with Crippen molar-refractivity contribution >= 4 is 0 Å². The molecule has 1 unspecified atom stereocenters. The van der Waals surface area contributed by atoms with Crippen molar-refractivity contribution in [3.8, 4) is 11.5 Å². The molecule has 0 N–H and O–H groups in total. The Morgan fingerprint density at radius 1 is 1.24 bits per heavy atom. The quantitative estimate of drug-likeness (QED) is 0.750. The molecule has 0 amide bonds. The van der Waals surface area contributed by atoms with E-state index in [0.29, 0.717) is 12.8 Å². The third-order valence-corrected chi connectivity index (χ3v) is 3.52. The molecule has 0 spiro atoms. The fraction of sp³-hybridized carbons (Fsp3) is 0.308. The van der Waals surface area contributed by atoms with E-state index in [1.54, 1.807) is 0 Å². The molecule has 1 aliphatic heterocycles. The van der Waals surface area contributed by atoms with Gasteiger partial charge in [0.15, 0.2) is 11.5 Å². The van der Waals surface area contributed by atoms with Crippen molar-refractivity contribution in [2.24, 2.45) is 0 Å². The number of benzene rings is 1. The van der Waals surface area contributed by atoms with Crippen LogP contribution in [0.25, 0.3) is 0 Å². The molecule has 2 heterocycles. The second-order valence-electron chi connectivity index (χ2n) is 4.44. The van der Waals surface area contributed by atoms with E-state index in [1.165, 1.54) is 11.1 Å². The first-order valence-corrected chi connectivity index (χ1v) is 5.83. The Kier molecular flexibility index (Phi) is 1.75. The number of aromatic nitrogens is 2. The van der Waals surface area contributed by atoms with Crippen molar-refractivity contribution in [3.05, 3.63) is 41.7 Å². The van der Waals surface area contributed by atoms with Gasteiger partial charge in [-0.1, -0.05) is 0 Å². The zero-order valence-corrected chi connectivity index (χ0v) is 9.30. The zero-order chi connectivity index (χ0) is 11.2. The fourth-order valence-corrected chi connectivity index (χ4v) is 2.71. The van der Waals surface area contributed by atoms with Crippen LogP contribution in [-0.2, 0) is 6.42 Å². The molecule has 86 valence electrons. The smallest absolute Gasteiger partial charge is 0.231 e. The normalized spacial score (nSPS) is 20.6. The SMILES string of the molecule is c1cnn(C2CCc3cc4c(cc32)OCO4)c1. The number of hydrogen-bond acceptors (Lipinski definition) is 3. The molecule has 0 saturated heterocycles. The van der Waals surface area contributed by atoms with Crippen molar-refractivity contribution in [2.45, 2.75) is 18.9 Å². The highest BCUT2D eigenvalue weighted by molar-refractivity contribution is 5.51. The largest absolute Gasteiger partial charge is 0.454 e. The Morgan fingerprint density at radius 3 is 2.94 bits per heavy atom. The van der Waals surface area contributed by atoms with Crippen molar-refractivity contribution in [3.63, 3.8) is 0 Å². The minimum absolute atomic E-state index is 0.338. The Balaban J connectivity index is 1.83. The maximum absolute atomic E-state index is 5.44. The van der Waals surface area contributed by atoms with E-state index in [4.69, 9.17) is 9.47 Å². The van der Waals surface area contributed by atoms with Crippen molar-refractivity contribution in [1.29, 1.82) is 0 Å². The van der Waals surface area contributed by atoms with Gasteiger partial charge < -0.3 is 9.47 Å². The van der Waals surface area contributed by atoms with Gasteiger partial charge in [0, 0.05) is 12.4 Å². The molecule has 4 rings (SSSR count). The molecule has 2 aliphatic rings. The average Bonchev–Trinajstić information content (AvgIpc) is 3.05. The molecule has 0 fully saturated rings. The third-order valence-electron chi connectivity index (χ3n) is 3.52. The summed E-state index contributed by atoms with van der Waals surface area (Å²) in [5, 5.41) is 4.34. The number of aryl methyl sites for hydroxylation is 1. The van der Waals surface area contributed by atoms with Crippen LogP contribution >= 0.6 is 0 Å². The summed E-state index contributed by atoms with van der Waals surface area (Å²) < 4.78 is 12.9. The van der Waals surface area contributed by atoms with Gasteiger partial charge in [-0.2, -0.15) is 5.10 Å². The third kappa shape index (κ3) is 1.27. The van der Waals surface area contributed by atoms with Gasteiger partial charge in [-0.25, -0.2) is 0 Å². The number of ether oxygens (including phenoxy) is 2.